The minimum Gasteiger partial charge on any atom is -0.370 e. The van der Waals surface area contributed by atoms with Crippen LogP contribution in [0.5, 0.6) is 0 Å². The maximum Gasteiger partial charge on any atom is 0.116 e. The Morgan fingerprint density at radius 3 is 1.54 bits per heavy atom. The molecule has 136 valence electrons. The summed E-state index contributed by atoms with van der Waals surface area (Å²) in [6.45, 7) is 3.39. The van der Waals surface area contributed by atoms with Crippen LogP contribution in [0.1, 0.15) is 18.1 Å². The molecule has 1 unspecified atom stereocenters. The molecule has 4 nitrogen and oxygen atoms in total. The van der Waals surface area contributed by atoms with Gasteiger partial charge in [-0.15, -0.1) is 0 Å². The van der Waals surface area contributed by atoms with Crippen molar-refractivity contribution >= 4 is 0 Å². The summed E-state index contributed by atoms with van der Waals surface area (Å²) < 4.78 is 24.7. The molecular formula is C22H24O4. The smallest absolute Gasteiger partial charge is 0.116 e. The quantitative estimate of drug-likeness (QED) is 0.748. The van der Waals surface area contributed by atoms with Crippen LogP contribution in [0, 0.1) is 5.92 Å². The van der Waals surface area contributed by atoms with E-state index >= 15 is 0 Å². The molecule has 4 heteroatoms. The average molecular weight is 352 g/mol. The molecule has 3 aliphatic rings. The van der Waals surface area contributed by atoms with Gasteiger partial charge in [-0.1, -0.05) is 67.6 Å². The van der Waals surface area contributed by atoms with Crippen LogP contribution in [-0.2, 0) is 32.2 Å². The normalized spacial score (nSPS) is 37.3. The van der Waals surface area contributed by atoms with Gasteiger partial charge < -0.3 is 18.9 Å². The molecule has 2 aromatic rings. The second kappa shape index (κ2) is 6.78. The minimum atomic E-state index is -0.00951. The van der Waals surface area contributed by atoms with Crippen LogP contribution >= 0.6 is 0 Å². The van der Waals surface area contributed by atoms with Gasteiger partial charge in [0, 0.05) is 5.92 Å². The summed E-state index contributed by atoms with van der Waals surface area (Å²) in [5.74, 6) is 0.266. The third-order valence-corrected chi connectivity index (χ3v) is 5.78. The van der Waals surface area contributed by atoms with E-state index in [1.54, 1.807) is 0 Å². The Hall–Kier alpha value is -1.72. The molecule has 0 amide bonds. The monoisotopic (exact) mass is 352 g/mol. The Kier molecular flexibility index (Phi) is 4.29. The minimum absolute atomic E-state index is 0.00951. The van der Waals surface area contributed by atoms with E-state index < -0.39 is 0 Å². The lowest BCUT2D eigenvalue weighted by Crippen LogP contribution is -2.53. The Morgan fingerprint density at radius 1 is 0.654 bits per heavy atom. The highest BCUT2D eigenvalue weighted by Gasteiger charge is 2.67. The Labute approximate surface area is 154 Å². The highest BCUT2D eigenvalue weighted by molar-refractivity contribution is 5.17. The summed E-state index contributed by atoms with van der Waals surface area (Å²) in [4.78, 5) is 0. The van der Waals surface area contributed by atoms with Crippen molar-refractivity contribution in [1.29, 1.82) is 0 Å². The first-order chi connectivity index (χ1) is 12.8. The number of fused-ring (bicyclic) bond motifs is 5. The fourth-order valence-corrected chi connectivity index (χ4v) is 4.34. The van der Waals surface area contributed by atoms with Crippen LogP contribution in [-0.4, -0.2) is 36.6 Å². The summed E-state index contributed by atoms with van der Waals surface area (Å²) in [5.41, 5.74) is 2.35. The molecule has 26 heavy (non-hydrogen) atoms. The maximum absolute atomic E-state index is 6.31. The zero-order chi connectivity index (χ0) is 17.5. The molecule has 0 spiro atoms. The van der Waals surface area contributed by atoms with E-state index in [4.69, 9.17) is 18.9 Å². The third-order valence-electron chi connectivity index (χ3n) is 5.78. The highest BCUT2D eigenvalue weighted by Crippen LogP contribution is 2.50. The van der Waals surface area contributed by atoms with Gasteiger partial charge in [0.05, 0.1) is 25.4 Å². The second-order valence-corrected chi connectivity index (χ2v) is 7.51. The second-order valence-electron chi connectivity index (χ2n) is 7.51. The third kappa shape index (κ3) is 2.97. The zero-order valence-corrected chi connectivity index (χ0v) is 14.9. The zero-order valence-electron chi connectivity index (χ0n) is 14.9. The van der Waals surface area contributed by atoms with Crippen molar-refractivity contribution in [3.63, 3.8) is 0 Å². The standard InChI is InChI=1S/C22H24O4/c1-14-17(23-12-15-8-4-2-5-9-15)19-21-22(26-21)20(25-19)18(14)24-13-16-10-6-3-7-11-16/h2-11,14,17-22H,12-13H2,1H3/t14?,17-,18+,19+,20-,21-,22+. The molecule has 7 atom stereocenters. The Bertz CT molecular complexity index is 673. The fourth-order valence-electron chi connectivity index (χ4n) is 4.34. The molecule has 0 saturated carbocycles. The molecule has 2 bridgehead atoms. The SMILES string of the molecule is CC1[C@@H](OCc2ccccc2)[C@@H]2O[C@@H]([C@@H]3O[C@@H]32)[C@H]1OCc1ccccc1. The molecule has 2 aromatic carbocycles. The first-order valence-corrected chi connectivity index (χ1v) is 9.43. The van der Waals surface area contributed by atoms with Gasteiger partial charge in [0.1, 0.15) is 24.4 Å². The summed E-state index contributed by atoms with van der Waals surface area (Å²) in [6.07, 6.45) is 0.386. The summed E-state index contributed by atoms with van der Waals surface area (Å²) in [7, 11) is 0. The van der Waals surface area contributed by atoms with E-state index in [-0.39, 0.29) is 42.5 Å². The van der Waals surface area contributed by atoms with Crippen LogP contribution in [0.15, 0.2) is 60.7 Å². The van der Waals surface area contributed by atoms with Gasteiger partial charge in [0.25, 0.3) is 0 Å². The van der Waals surface area contributed by atoms with E-state index in [9.17, 15) is 0 Å². The van der Waals surface area contributed by atoms with Gasteiger partial charge in [-0.05, 0) is 11.1 Å². The number of ether oxygens (including phenoxy) is 4. The molecule has 0 radical (unpaired) electrons. The molecule has 0 aromatic heterocycles. The van der Waals surface area contributed by atoms with Crippen molar-refractivity contribution in [2.75, 3.05) is 0 Å². The number of hydrogen-bond acceptors (Lipinski definition) is 4. The molecule has 3 aliphatic heterocycles. The summed E-state index contributed by atoms with van der Waals surface area (Å²) >= 11 is 0. The van der Waals surface area contributed by atoms with E-state index in [0.29, 0.717) is 13.2 Å². The Morgan fingerprint density at radius 2 is 1.08 bits per heavy atom. The van der Waals surface area contributed by atoms with Gasteiger partial charge in [-0.3, -0.25) is 0 Å². The highest BCUT2D eigenvalue weighted by atomic mass is 16.7. The van der Waals surface area contributed by atoms with E-state index in [2.05, 4.69) is 31.2 Å². The lowest BCUT2D eigenvalue weighted by molar-refractivity contribution is -0.227. The van der Waals surface area contributed by atoms with Crippen molar-refractivity contribution in [2.45, 2.75) is 56.8 Å². The van der Waals surface area contributed by atoms with E-state index in [0.717, 1.165) is 0 Å². The van der Waals surface area contributed by atoms with Crippen molar-refractivity contribution in [1.82, 2.24) is 0 Å². The summed E-state index contributed by atoms with van der Waals surface area (Å²) in [5, 5.41) is 0. The molecule has 3 heterocycles. The number of benzene rings is 2. The number of rotatable bonds is 6. The number of epoxide rings is 1. The van der Waals surface area contributed by atoms with Crippen molar-refractivity contribution in [3.8, 4) is 0 Å². The van der Waals surface area contributed by atoms with Crippen LogP contribution < -0.4 is 0 Å². The fraction of sp³-hybridized carbons (Fsp3) is 0.455. The molecule has 0 N–H and O–H groups in total. The lowest BCUT2D eigenvalue weighted by Gasteiger charge is -2.42. The van der Waals surface area contributed by atoms with Gasteiger partial charge >= 0.3 is 0 Å². The van der Waals surface area contributed by atoms with Gasteiger partial charge in [0.2, 0.25) is 0 Å². The van der Waals surface area contributed by atoms with Crippen LogP contribution in [0.2, 0.25) is 0 Å². The maximum atomic E-state index is 6.31. The molecule has 0 aliphatic carbocycles. The van der Waals surface area contributed by atoms with Gasteiger partial charge in [-0.2, -0.15) is 0 Å². The molecule has 3 saturated heterocycles. The first-order valence-electron chi connectivity index (χ1n) is 9.43. The number of hydrogen-bond donors (Lipinski definition) is 0. The van der Waals surface area contributed by atoms with Crippen molar-refractivity contribution in [3.05, 3.63) is 71.8 Å². The van der Waals surface area contributed by atoms with Crippen molar-refractivity contribution < 1.29 is 18.9 Å². The Balaban J connectivity index is 1.29. The van der Waals surface area contributed by atoms with Crippen LogP contribution in [0.3, 0.4) is 0 Å². The largest absolute Gasteiger partial charge is 0.370 e. The van der Waals surface area contributed by atoms with Crippen molar-refractivity contribution in [2.24, 2.45) is 5.92 Å². The lowest BCUT2D eigenvalue weighted by atomic mass is 9.90. The van der Waals surface area contributed by atoms with E-state index in [1.165, 1.54) is 11.1 Å². The first kappa shape index (κ1) is 16.5. The van der Waals surface area contributed by atoms with Gasteiger partial charge in [0.15, 0.2) is 0 Å². The summed E-state index contributed by atoms with van der Waals surface area (Å²) in [6, 6.07) is 20.6. The molecule has 5 rings (SSSR count). The molecule has 3 fully saturated rings. The molecular weight excluding hydrogens is 328 g/mol. The van der Waals surface area contributed by atoms with Crippen LogP contribution in [0.25, 0.3) is 0 Å². The van der Waals surface area contributed by atoms with Crippen LogP contribution in [0.4, 0.5) is 0 Å². The average Bonchev–Trinajstić information content (AvgIpc) is 3.41. The predicted octanol–water partition coefficient (Wildman–Crippen LogP) is 3.34. The predicted molar refractivity (Wildman–Crippen MR) is 96.5 cm³/mol. The van der Waals surface area contributed by atoms with Gasteiger partial charge in [-0.25, -0.2) is 0 Å². The van der Waals surface area contributed by atoms with E-state index in [1.807, 2.05) is 36.4 Å². The topological polar surface area (TPSA) is 40.2 Å².